The molecule has 7 N–H and O–H groups in total. The molecule has 0 aliphatic heterocycles. The minimum atomic E-state index is -0.475. The second-order valence-corrected chi connectivity index (χ2v) is 11.8. The number of anilines is 3. The van der Waals surface area contributed by atoms with Crippen molar-refractivity contribution in [1.29, 1.82) is 0 Å². The quantitative estimate of drug-likeness (QED) is 0.0801. The molecular formula is C32H49N11O5. The fraction of sp³-hybridized carbons (Fsp3) is 0.469. The van der Waals surface area contributed by atoms with Crippen molar-refractivity contribution in [2.24, 2.45) is 14.1 Å². The van der Waals surface area contributed by atoms with Gasteiger partial charge in [-0.1, -0.05) is 19.8 Å². The fourth-order valence-corrected chi connectivity index (χ4v) is 4.86. The van der Waals surface area contributed by atoms with Crippen molar-refractivity contribution in [3.63, 3.8) is 0 Å². The van der Waals surface area contributed by atoms with Crippen LogP contribution in [0.15, 0.2) is 36.8 Å². The highest BCUT2D eigenvalue weighted by Crippen LogP contribution is 2.20. The van der Waals surface area contributed by atoms with Crippen molar-refractivity contribution in [2.45, 2.75) is 46.2 Å². The molecule has 0 aromatic carbocycles. The van der Waals surface area contributed by atoms with Gasteiger partial charge in [0.05, 0.1) is 30.4 Å². The Morgan fingerprint density at radius 3 is 1.85 bits per heavy atom. The molecular weight excluding hydrogens is 618 g/mol. The highest BCUT2D eigenvalue weighted by atomic mass is 16.2. The van der Waals surface area contributed by atoms with Crippen molar-refractivity contribution in [3.05, 3.63) is 53.9 Å². The largest absolute Gasteiger partial charge is 0.351 e. The van der Waals surface area contributed by atoms with Crippen LogP contribution in [0.2, 0.25) is 0 Å². The van der Waals surface area contributed by atoms with Crippen molar-refractivity contribution in [1.82, 2.24) is 39.9 Å². The van der Waals surface area contributed by atoms with Crippen LogP contribution in [0.4, 0.5) is 21.9 Å². The van der Waals surface area contributed by atoms with Gasteiger partial charge in [-0.25, -0.2) is 4.79 Å². The lowest BCUT2D eigenvalue weighted by Crippen LogP contribution is -2.41. The van der Waals surface area contributed by atoms with E-state index in [1.165, 1.54) is 19.1 Å². The SMILES string of the molecule is CCCCCNC(=O)NCNCn1cc(NC(C)=O)cc1C(=O)Nc1cc(C(=O)Nc2cc(C(=O)NCCCN(C)C)n(C)c2)n(C)c1. The smallest absolute Gasteiger partial charge is 0.315 e. The Bertz CT molecular complexity index is 1570. The topological polar surface area (TPSA) is 188 Å². The molecule has 6 amide bonds. The first-order chi connectivity index (χ1) is 22.9. The maximum absolute atomic E-state index is 13.4. The third kappa shape index (κ3) is 11.6. The molecule has 48 heavy (non-hydrogen) atoms. The van der Waals surface area contributed by atoms with E-state index in [9.17, 15) is 24.0 Å². The van der Waals surface area contributed by atoms with E-state index in [4.69, 9.17) is 0 Å². The highest BCUT2D eigenvalue weighted by molar-refractivity contribution is 6.07. The molecule has 3 aromatic heterocycles. The van der Waals surface area contributed by atoms with Gasteiger partial charge >= 0.3 is 6.03 Å². The molecule has 0 fully saturated rings. The first-order valence-corrected chi connectivity index (χ1v) is 16.0. The first kappa shape index (κ1) is 37.4. The third-order valence-corrected chi connectivity index (χ3v) is 7.23. The van der Waals surface area contributed by atoms with E-state index in [-0.39, 0.29) is 42.6 Å². The summed E-state index contributed by atoms with van der Waals surface area (Å²) in [4.78, 5) is 64.8. The summed E-state index contributed by atoms with van der Waals surface area (Å²) in [6.45, 7) is 5.75. The number of carbonyl (C=O) groups is 5. The van der Waals surface area contributed by atoms with Gasteiger partial charge in [0.15, 0.2) is 0 Å². The molecule has 262 valence electrons. The normalized spacial score (nSPS) is 10.9. The minimum absolute atomic E-state index is 0.149. The molecule has 3 heterocycles. The summed E-state index contributed by atoms with van der Waals surface area (Å²) < 4.78 is 4.82. The lowest BCUT2D eigenvalue weighted by Gasteiger charge is -2.12. The van der Waals surface area contributed by atoms with E-state index in [1.54, 1.807) is 52.5 Å². The number of amides is 6. The third-order valence-electron chi connectivity index (χ3n) is 7.23. The van der Waals surface area contributed by atoms with Crippen molar-refractivity contribution in [3.8, 4) is 0 Å². The zero-order valence-corrected chi connectivity index (χ0v) is 28.7. The van der Waals surface area contributed by atoms with Gasteiger partial charge < -0.3 is 50.5 Å². The van der Waals surface area contributed by atoms with Crippen LogP contribution in [0.3, 0.4) is 0 Å². The van der Waals surface area contributed by atoms with Crippen LogP contribution in [-0.2, 0) is 25.6 Å². The molecule has 0 bridgehead atoms. The van der Waals surface area contributed by atoms with Crippen LogP contribution in [0, 0.1) is 0 Å². The Morgan fingerprint density at radius 1 is 0.688 bits per heavy atom. The molecule has 3 rings (SSSR count). The Hall–Kier alpha value is -5.09. The number of rotatable bonds is 18. The van der Waals surface area contributed by atoms with E-state index in [0.717, 1.165) is 32.2 Å². The molecule has 3 aromatic rings. The van der Waals surface area contributed by atoms with Crippen LogP contribution < -0.4 is 37.2 Å². The predicted octanol–water partition coefficient (Wildman–Crippen LogP) is 2.30. The van der Waals surface area contributed by atoms with Crippen molar-refractivity contribution < 1.29 is 24.0 Å². The summed E-state index contributed by atoms with van der Waals surface area (Å²) in [5.74, 6) is -1.43. The van der Waals surface area contributed by atoms with Gasteiger partial charge in [0.2, 0.25) is 5.91 Å². The number of aromatic nitrogens is 3. The van der Waals surface area contributed by atoms with Gasteiger partial charge in [0.25, 0.3) is 17.7 Å². The van der Waals surface area contributed by atoms with Crippen LogP contribution in [0.5, 0.6) is 0 Å². The highest BCUT2D eigenvalue weighted by Gasteiger charge is 2.19. The van der Waals surface area contributed by atoms with Crippen LogP contribution in [0.25, 0.3) is 0 Å². The molecule has 0 unspecified atom stereocenters. The Kier molecular flexibility index (Phi) is 14.2. The molecule has 0 aliphatic carbocycles. The van der Waals surface area contributed by atoms with Gasteiger partial charge in [-0.3, -0.25) is 24.5 Å². The summed E-state index contributed by atoms with van der Waals surface area (Å²) >= 11 is 0. The van der Waals surface area contributed by atoms with Crippen molar-refractivity contribution in [2.75, 3.05) is 56.3 Å². The van der Waals surface area contributed by atoms with E-state index in [1.807, 2.05) is 19.0 Å². The van der Waals surface area contributed by atoms with Crippen molar-refractivity contribution >= 4 is 46.7 Å². The standard InChI is InChI=1S/C32H49N11O5/c1-7-8-9-11-35-32(48)36-20-33-21-43-19-25(37-22(2)44)16-28(43)31(47)39-24-15-27(42(6)18-24)30(46)38-23-14-26(41(5)17-23)29(45)34-12-10-13-40(3)4/h14-19,33H,7-13,20-21H2,1-6H3,(H,34,45)(H,37,44)(H,38,46)(H,39,47)(H2,35,36,48). The molecule has 0 radical (unpaired) electrons. The monoisotopic (exact) mass is 667 g/mol. The predicted molar refractivity (Wildman–Crippen MR) is 185 cm³/mol. The molecule has 16 heteroatoms. The Labute approximate surface area is 281 Å². The van der Waals surface area contributed by atoms with Crippen LogP contribution in [0.1, 0.15) is 71.0 Å². The van der Waals surface area contributed by atoms with Crippen LogP contribution >= 0.6 is 0 Å². The summed E-state index contributed by atoms with van der Waals surface area (Å²) in [7, 11) is 7.35. The van der Waals surface area contributed by atoms with Gasteiger partial charge in [0.1, 0.15) is 17.1 Å². The fourth-order valence-electron chi connectivity index (χ4n) is 4.86. The zero-order chi connectivity index (χ0) is 35.2. The number of unbranched alkanes of at least 4 members (excludes halogenated alkanes) is 2. The summed E-state index contributed by atoms with van der Waals surface area (Å²) in [5, 5.41) is 19.7. The van der Waals surface area contributed by atoms with Gasteiger partial charge in [-0.15, -0.1) is 0 Å². The minimum Gasteiger partial charge on any atom is -0.351 e. The molecule has 0 spiro atoms. The number of hydrogen-bond donors (Lipinski definition) is 7. The average Bonchev–Trinajstić information content (AvgIpc) is 3.71. The second kappa shape index (κ2) is 18.3. The first-order valence-electron chi connectivity index (χ1n) is 16.0. The van der Waals surface area contributed by atoms with E-state index in [2.05, 4.69) is 44.1 Å². The number of nitrogens with one attached hydrogen (secondary N) is 7. The van der Waals surface area contributed by atoms with E-state index in [0.29, 0.717) is 35.8 Å². The molecule has 0 saturated carbocycles. The number of urea groups is 1. The van der Waals surface area contributed by atoms with Gasteiger partial charge in [0, 0.05) is 52.7 Å². The average molecular weight is 668 g/mol. The number of carbonyl (C=O) groups excluding carboxylic acids is 5. The zero-order valence-electron chi connectivity index (χ0n) is 28.7. The Morgan fingerprint density at radius 2 is 1.25 bits per heavy atom. The Balaban J connectivity index is 1.61. The van der Waals surface area contributed by atoms with Crippen LogP contribution in [-0.4, -0.2) is 88.7 Å². The molecule has 16 nitrogen and oxygen atoms in total. The maximum Gasteiger partial charge on any atom is 0.315 e. The van der Waals surface area contributed by atoms with E-state index >= 15 is 0 Å². The van der Waals surface area contributed by atoms with Gasteiger partial charge in [-0.2, -0.15) is 0 Å². The second-order valence-electron chi connectivity index (χ2n) is 11.8. The number of aryl methyl sites for hydroxylation is 2. The van der Waals surface area contributed by atoms with Gasteiger partial charge in [-0.05, 0) is 51.7 Å². The maximum atomic E-state index is 13.4. The number of nitrogens with zero attached hydrogens (tertiary/aromatic N) is 4. The molecule has 0 saturated heterocycles. The lowest BCUT2D eigenvalue weighted by molar-refractivity contribution is -0.114. The summed E-state index contributed by atoms with van der Waals surface area (Å²) in [6.07, 6.45) is 8.69. The summed E-state index contributed by atoms with van der Waals surface area (Å²) in [6, 6.07) is 4.39. The lowest BCUT2D eigenvalue weighted by atomic mass is 10.2. The molecule has 0 aliphatic rings. The number of hydrogen-bond acceptors (Lipinski definition) is 7. The van der Waals surface area contributed by atoms with E-state index < -0.39 is 11.8 Å². The molecule has 0 atom stereocenters. The summed E-state index contributed by atoms with van der Waals surface area (Å²) in [5.41, 5.74) is 2.18.